The highest BCUT2D eigenvalue weighted by Gasteiger charge is 2.22. The number of nitrogens with zero attached hydrogens (tertiary/aromatic N) is 4. The SMILES string of the molecule is COc1cc(C(C)(C)C)ccc1C=CC=CC(=O)N1CCN(CCCN2CCN(C(=O)C=CC=Cc3ccc(C(C)(C)C)cc3OC)CC2)CC1. The molecule has 2 aromatic rings. The van der Waals surface area contributed by atoms with Crippen molar-refractivity contribution in [3.05, 3.63) is 95.1 Å². The van der Waals surface area contributed by atoms with Crippen LogP contribution in [0.1, 0.15) is 70.2 Å². The van der Waals surface area contributed by atoms with Crippen LogP contribution in [0.4, 0.5) is 0 Å². The fourth-order valence-corrected chi connectivity index (χ4v) is 6.34. The Balaban J connectivity index is 1.11. The van der Waals surface area contributed by atoms with Crippen molar-refractivity contribution in [3.63, 3.8) is 0 Å². The van der Waals surface area contributed by atoms with Crippen molar-refractivity contribution < 1.29 is 19.1 Å². The third-order valence-electron chi connectivity index (χ3n) is 9.77. The lowest BCUT2D eigenvalue weighted by atomic mass is 9.86. The van der Waals surface area contributed by atoms with Crippen molar-refractivity contribution in [3.8, 4) is 11.5 Å². The molecule has 276 valence electrons. The van der Waals surface area contributed by atoms with Crippen LogP contribution in [0.25, 0.3) is 12.2 Å². The second-order valence-electron chi connectivity index (χ2n) is 15.5. The standard InChI is InChI=1S/C43H60N4O4/c1-42(2,3)36-20-18-34(38(32-36)50-7)14-9-11-16-40(48)46-28-24-44(25-29-46)22-13-23-45-26-30-47(31-27-45)41(49)17-12-10-15-35-19-21-37(43(4,5)6)33-39(35)51-8/h9-12,14-21,32-33H,13,22-31H2,1-8H3. The van der Waals surface area contributed by atoms with Crippen LogP contribution in [0.15, 0.2) is 72.9 Å². The first kappa shape index (κ1) is 39.6. The van der Waals surface area contributed by atoms with Gasteiger partial charge in [-0.3, -0.25) is 19.4 Å². The van der Waals surface area contributed by atoms with Gasteiger partial charge in [-0.15, -0.1) is 0 Å². The zero-order chi connectivity index (χ0) is 37.0. The normalized spacial score (nSPS) is 17.0. The van der Waals surface area contributed by atoms with Gasteiger partial charge in [-0.05, 0) is 53.6 Å². The van der Waals surface area contributed by atoms with Gasteiger partial charge in [0.15, 0.2) is 0 Å². The first-order valence-corrected chi connectivity index (χ1v) is 18.4. The van der Waals surface area contributed by atoms with E-state index in [9.17, 15) is 9.59 Å². The number of rotatable bonds is 12. The Morgan fingerprint density at radius 2 is 0.961 bits per heavy atom. The lowest BCUT2D eigenvalue weighted by Crippen LogP contribution is -2.50. The average Bonchev–Trinajstić information content (AvgIpc) is 3.11. The predicted molar refractivity (Wildman–Crippen MR) is 210 cm³/mol. The molecule has 0 N–H and O–H groups in total. The maximum atomic E-state index is 12.8. The minimum atomic E-state index is 0.0544. The highest BCUT2D eigenvalue weighted by atomic mass is 16.5. The molecule has 8 nitrogen and oxygen atoms in total. The maximum Gasteiger partial charge on any atom is 0.246 e. The summed E-state index contributed by atoms with van der Waals surface area (Å²) in [6.45, 7) is 21.7. The van der Waals surface area contributed by atoms with Crippen LogP contribution in [0.5, 0.6) is 11.5 Å². The van der Waals surface area contributed by atoms with Crippen molar-refractivity contribution in [2.75, 3.05) is 79.7 Å². The number of carbonyl (C=O) groups excluding carboxylic acids is 2. The Morgan fingerprint density at radius 3 is 1.29 bits per heavy atom. The number of hydrogen-bond donors (Lipinski definition) is 0. The molecule has 0 aromatic heterocycles. The molecule has 0 spiro atoms. The van der Waals surface area contributed by atoms with E-state index in [1.54, 1.807) is 26.4 Å². The topological polar surface area (TPSA) is 65.6 Å². The second kappa shape index (κ2) is 18.4. The molecule has 8 heteroatoms. The molecule has 0 atom stereocenters. The Labute approximate surface area is 307 Å². The highest BCUT2D eigenvalue weighted by molar-refractivity contribution is 5.88. The third-order valence-corrected chi connectivity index (χ3v) is 9.77. The van der Waals surface area contributed by atoms with Gasteiger partial charge in [0.25, 0.3) is 0 Å². The van der Waals surface area contributed by atoms with Gasteiger partial charge in [0.1, 0.15) is 11.5 Å². The zero-order valence-electron chi connectivity index (χ0n) is 32.3. The molecule has 2 aliphatic rings. The maximum absolute atomic E-state index is 12.8. The predicted octanol–water partition coefficient (Wildman–Crippen LogP) is 6.82. The van der Waals surface area contributed by atoms with Crippen LogP contribution in [-0.4, -0.2) is 111 Å². The monoisotopic (exact) mass is 696 g/mol. The minimum Gasteiger partial charge on any atom is -0.496 e. The summed E-state index contributed by atoms with van der Waals surface area (Å²) in [6.07, 6.45) is 15.8. The van der Waals surface area contributed by atoms with Gasteiger partial charge >= 0.3 is 0 Å². The summed E-state index contributed by atoms with van der Waals surface area (Å²) in [5.41, 5.74) is 4.54. The van der Waals surface area contributed by atoms with Crippen LogP contribution in [0.2, 0.25) is 0 Å². The molecule has 2 aliphatic heterocycles. The number of carbonyl (C=O) groups is 2. The Morgan fingerprint density at radius 1 is 0.588 bits per heavy atom. The Bertz CT molecular complexity index is 1460. The van der Waals surface area contributed by atoms with E-state index in [4.69, 9.17) is 9.47 Å². The molecule has 2 fully saturated rings. The summed E-state index contributed by atoms with van der Waals surface area (Å²) in [5.74, 6) is 1.78. The van der Waals surface area contributed by atoms with Gasteiger partial charge in [0.2, 0.25) is 11.8 Å². The average molecular weight is 697 g/mol. The first-order chi connectivity index (χ1) is 24.3. The van der Waals surface area contributed by atoms with Crippen molar-refractivity contribution in [2.24, 2.45) is 0 Å². The van der Waals surface area contributed by atoms with Gasteiger partial charge in [-0.1, -0.05) is 102 Å². The quantitative estimate of drug-likeness (QED) is 0.180. The second-order valence-corrected chi connectivity index (χ2v) is 15.5. The number of benzene rings is 2. The fraction of sp³-hybridized carbons (Fsp3) is 0.488. The number of ether oxygens (including phenoxy) is 2. The molecular weight excluding hydrogens is 636 g/mol. The molecule has 0 unspecified atom stereocenters. The third kappa shape index (κ3) is 12.0. The molecule has 0 bridgehead atoms. The number of amides is 2. The lowest BCUT2D eigenvalue weighted by molar-refractivity contribution is -0.128. The van der Waals surface area contributed by atoms with Crippen LogP contribution >= 0.6 is 0 Å². The summed E-state index contributed by atoms with van der Waals surface area (Å²) in [6, 6.07) is 12.6. The summed E-state index contributed by atoms with van der Waals surface area (Å²) in [4.78, 5) is 34.4. The molecule has 2 amide bonds. The van der Waals surface area contributed by atoms with E-state index >= 15 is 0 Å². The van der Waals surface area contributed by atoms with E-state index < -0.39 is 0 Å². The number of methoxy groups -OCH3 is 2. The molecule has 0 radical (unpaired) electrons. The molecule has 2 saturated heterocycles. The summed E-state index contributed by atoms with van der Waals surface area (Å²) >= 11 is 0. The Hall–Kier alpha value is -4.14. The molecule has 2 heterocycles. The highest BCUT2D eigenvalue weighted by Crippen LogP contribution is 2.30. The van der Waals surface area contributed by atoms with Crippen LogP contribution in [0, 0.1) is 0 Å². The minimum absolute atomic E-state index is 0.0544. The molecule has 0 saturated carbocycles. The fourth-order valence-electron chi connectivity index (χ4n) is 6.34. The van der Waals surface area contributed by atoms with Crippen molar-refractivity contribution >= 4 is 24.0 Å². The molecule has 4 rings (SSSR count). The van der Waals surface area contributed by atoms with E-state index in [1.165, 1.54) is 11.1 Å². The van der Waals surface area contributed by atoms with E-state index in [0.29, 0.717) is 0 Å². The van der Waals surface area contributed by atoms with Gasteiger partial charge in [-0.25, -0.2) is 0 Å². The van der Waals surface area contributed by atoms with Crippen molar-refractivity contribution in [1.29, 1.82) is 0 Å². The number of piperazine rings is 2. The smallest absolute Gasteiger partial charge is 0.246 e. The Kier molecular flexibility index (Phi) is 14.3. The van der Waals surface area contributed by atoms with Gasteiger partial charge in [0.05, 0.1) is 14.2 Å². The van der Waals surface area contributed by atoms with Gasteiger partial charge in [-0.2, -0.15) is 0 Å². The molecule has 0 aliphatic carbocycles. The first-order valence-electron chi connectivity index (χ1n) is 18.4. The summed E-state index contributed by atoms with van der Waals surface area (Å²) in [5, 5.41) is 0. The molecule has 51 heavy (non-hydrogen) atoms. The molecule has 2 aromatic carbocycles. The van der Waals surface area contributed by atoms with Crippen LogP contribution in [-0.2, 0) is 20.4 Å². The van der Waals surface area contributed by atoms with Crippen LogP contribution < -0.4 is 9.47 Å². The van der Waals surface area contributed by atoms with E-state index in [0.717, 1.165) is 94.5 Å². The summed E-state index contributed by atoms with van der Waals surface area (Å²) < 4.78 is 11.2. The van der Waals surface area contributed by atoms with E-state index in [-0.39, 0.29) is 22.6 Å². The van der Waals surface area contributed by atoms with E-state index in [1.807, 2.05) is 46.3 Å². The summed E-state index contributed by atoms with van der Waals surface area (Å²) in [7, 11) is 3.38. The van der Waals surface area contributed by atoms with Crippen LogP contribution in [0.3, 0.4) is 0 Å². The number of hydrogen-bond acceptors (Lipinski definition) is 6. The zero-order valence-corrected chi connectivity index (χ0v) is 32.3. The largest absolute Gasteiger partial charge is 0.496 e. The van der Waals surface area contributed by atoms with E-state index in [2.05, 4.69) is 87.7 Å². The van der Waals surface area contributed by atoms with Gasteiger partial charge < -0.3 is 19.3 Å². The van der Waals surface area contributed by atoms with Crippen molar-refractivity contribution in [1.82, 2.24) is 19.6 Å². The lowest BCUT2D eigenvalue weighted by Gasteiger charge is -2.36. The molecular formula is C43H60N4O4. The van der Waals surface area contributed by atoms with Gasteiger partial charge in [0, 0.05) is 75.6 Å². The van der Waals surface area contributed by atoms with Crippen molar-refractivity contribution in [2.45, 2.75) is 58.8 Å². The number of allylic oxidation sites excluding steroid dienone is 4.